The molecule has 0 saturated carbocycles. The Morgan fingerprint density at radius 1 is 0.273 bits per heavy atom. The van der Waals surface area contributed by atoms with Crippen LogP contribution in [0, 0.1) is 0 Å². The van der Waals surface area contributed by atoms with E-state index in [2.05, 4.69) is 118 Å². The average molecular weight is 1070 g/mol. The summed E-state index contributed by atoms with van der Waals surface area (Å²) >= 11 is 0. The van der Waals surface area contributed by atoms with Gasteiger partial charge in [-0.1, -0.05) is 279 Å². The van der Waals surface area contributed by atoms with Gasteiger partial charge < -0.3 is 14.2 Å². The number of rotatable bonds is 59. The Labute approximate surface area is 477 Å². The van der Waals surface area contributed by atoms with Gasteiger partial charge in [-0.3, -0.25) is 14.4 Å². The molecule has 0 fully saturated rings. The fourth-order valence-corrected chi connectivity index (χ4v) is 9.13. The molecule has 0 radical (unpaired) electrons. The molecule has 0 aliphatic carbocycles. The molecule has 0 aromatic carbocycles. The van der Waals surface area contributed by atoms with E-state index in [1.165, 1.54) is 154 Å². The predicted molar refractivity (Wildman–Crippen MR) is 334 cm³/mol. The highest BCUT2D eigenvalue weighted by atomic mass is 16.6. The van der Waals surface area contributed by atoms with Crippen molar-refractivity contribution in [2.24, 2.45) is 0 Å². The van der Waals surface area contributed by atoms with Crippen molar-refractivity contribution in [3.63, 3.8) is 0 Å². The van der Waals surface area contributed by atoms with Gasteiger partial charge in [0.05, 0.1) is 0 Å². The molecule has 0 heterocycles. The minimum atomic E-state index is -0.786. The molecule has 0 aliphatic heterocycles. The second-order valence-electron chi connectivity index (χ2n) is 21.6. The molecule has 442 valence electrons. The minimum Gasteiger partial charge on any atom is -0.462 e. The second-order valence-corrected chi connectivity index (χ2v) is 21.6. The lowest BCUT2D eigenvalue weighted by atomic mass is 10.0. The van der Waals surface area contributed by atoms with Crippen molar-refractivity contribution in [3.05, 3.63) is 97.2 Å². The zero-order chi connectivity index (χ0) is 55.7. The zero-order valence-electron chi connectivity index (χ0n) is 50.7. The monoisotopic (exact) mass is 1070 g/mol. The predicted octanol–water partition coefficient (Wildman–Crippen LogP) is 22.4. The first kappa shape index (κ1) is 73.3. The van der Waals surface area contributed by atoms with E-state index in [-0.39, 0.29) is 31.1 Å². The maximum atomic E-state index is 12.9. The van der Waals surface area contributed by atoms with E-state index in [1.807, 2.05) is 0 Å². The summed E-state index contributed by atoms with van der Waals surface area (Å²) in [4.78, 5) is 38.2. The van der Waals surface area contributed by atoms with Gasteiger partial charge in [0.15, 0.2) is 6.10 Å². The molecule has 6 heteroatoms. The quantitative estimate of drug-likeness (QED) is 0.0261. The average Bonchev–Trinajstić information content (AvgIpc) is 3.43. The molecule has 0 amide bonds. The summed E-state index contributed by atoms with van der Waals surface area (Å²) in [6.45, 7) is 6.46. The number of carbonyl (C=O) groups excluding carboxylic acids is 3. The maximum Gasteiger partial charge on any atom is 0.306 e. The van der Waals surface area contributed by atoms with Gasteiger partial charge >= 0.3 is 17.9 Å². The van der Waals surface area contributed by atoms with Crippen molar-refractivity contribution in [2.45, 2.75) is 322 Å². The summed E-state index contributed by atoms with van der Waals surface area (Å²) < 4.78 is 16.9. The molecule has 0 N–H and O–H groups in total. The molecule has 0 aromatic rings. The lowest BCUT2D eigenvalue weighted by molar-refractivity contribution is -0.167. The van der Waals surface area contributed by atoms with Gasteiger partial charge in [0.25, 0.3) is 0 Å². The lowest BCUT2D eigenvalue weighted by Crippen LogP contribution is -2.30. The number of allylic oxidation sites excluding steroid dienone is 16. The Morgan fingerprint density at radius 2 is 0.519 bits per heavy atom. The molecule has 1 unspecified atom stereocenters. The number of carbonyl (C=O) groups is 3. The number of hydrogen-bond donors (Lipinski definition) is 0. The lowest BCUT2D eigenvalue weighted by Gasteiger charge is -2.18. The highest BCUT2D eigenvalue weighted by Crippen LogP contribution is 2.17. The van der Waals surface area contributed by atoms with Crippen LogP contribution < -0.4 is 0 Å². The third-order valence-corrected chi connectivity index (χ3v) is 14.0. The van der Waals surface area contributed by atoms with Crippen molar-refractivity contribution in [3.8, 4) is 0 Å². The van der Waals surface area contributed by atoms with Crippen LogP contribution in [-0.2, 0) is 28.6 Å². The van der Waals surface area contributed by atoms with E-state index >= 15 is 0 Å². The van der Waals surface area contributed by atoms with Crippen LogP contribution in [0.5, 0.6) is 0 Å². The van der Waals surface area contributed by atoms with E-state index in [4.69, 9.17) is 14.2 Å². The fraction of sp³-hybridized carbons (Fsp3) is 0.732. The van der Waals surface area contributed by atoms with Crippen molar-refractivity contribution < 1.29 is 28.6 Å². The molecule has 1 atom stereocenters. The van der Waals surface area contributed by atoms with Crippen LogP contribution in [-0.4, -0.2) is 37.2 Å². The van der Waals surface area contributed by atoms with Gasteiger partial charge in [-0.25, -0.2) is 0 Å². The molecule has 6 nitrogen and oxygen atoms in total. The number of hydrogen-bond acceptors (Lipinski definition) is 6. The van der Waals surface area contributed by atoms with Gasteiger partial charge in [-0.15, -0.1) is 0 Å². The van der Waals surface area contributed by atoms with Gasteiger partial charge in [0.1, 0.15) is 13.2 Å². The number of esters is 3. The fourth-order valence-electron chi connectivity index (χ4n) is 9.13. The van der Waals surface area contributed by atoms with Crippen molar-refractivity contribution >= 4 is 17.9 Å². The Morgan fingerprint density at radius 3 is 0.844 bits per heavy atom. The Kier molecular flexibility index (Phi) is 61.8. The molecule has 0 bridgehead atoms. The Bertz CT molecular complexity index is 1510. The second kappa shape index (κ2) is 64.9. The van der Waals surface area contributed by atoms with Crippen LogP contribution in [0.1, 0.15) is 316 Å². The summed E-state index contributed by atoms with van der Waals surface area (Å²) in [6, 6.07) is 0. The SMILES string of the molecule is CC/C=C\C/C=C\C/C=C\C/C=C\C/C=C\CCCCCCCCCCCCCCCCCCCC(=O)OCC(COC(=O)CCCCCCC/C=C\CCCCC)OC(=O)CCCCCCC/C=C\C/C=C\CCCC. The summed E-state index contributed by atoms with van der Waals surface area (Å²) in [7, 11) is 0. The van der Waals surface area contributed by atoms with Crippen molar-refractivity contribution in [1.82, 2.24) is 0 Å². The van der Waals surface area contributed by atoms with Crippen LogP contribution >= 0.6 is 0 Å². The normalized spacial score (nSPS) is 12.7. The highest BCUT2D eigenvalue weighted by Gasteiger charge is 2.19. The van der Waals surface area contributed by atoms with E-state index < -0.39 is 6.10 Å². The van der Waals surface area contributed by atoms with Gasteiger partial charge in [-0.2, -0.15) is 0 Å². The maximum absolute atomic E-state index is 12.9. The van der Waals surface area contributed by atoms with Crippen LogP contribution in [0.2, 0.25) is 0 Å². The minimum absolute atomic E-state index is 0.0829. The standard InChI is InChI=1S/C71H122O6/c1-4-7-10-13-16-19-22-25-27-28-29-30-31-32-33-34-35-36-37-38-39-40-41-42-43-44-45-47-49-52-55-58-61-64-70(73)76-67-68(66-75-69(72)63-60-57-54-51-48-24-21-18-15-12-9-6-3)77-71(74)65-62-59-56-53-50-46-26-23-20-17-14-11-8-5-2/h7,10,14,16-19,21,23,25-27,29-30,32-33,68H,4-6,8-9,11-13,15,20,22,24,28,31,34-67H2,1-3H3/b10-7-,17-14-,19-16-,21-18-,26-23-,27-25-,30-29-,33-32-. The van der Waals surface area contributed by atoms with Crippen LogP contribution in [0.25, 0.3) is 0 Å². The summed E-state index contributed by atoms with van der Waals surface area (Å²) in [6.07, 6.45) is 87.2. The molecule has 0 aliphatic rings. The third kappa shape index (κ3) is 63.0. The van der Waals surface area contributed by atoms with Crippen molar-refractivity contribution in [1.29, 1.82) is 0 Å². The number of ether oxygens (including phenoxy) is 3. The summed E-state index contributed by atoms with van der Waals surface area (Å²) in [5, 5.41) is 0. The van der Waals surface area contributed by atoms with E-state index in [0.717, 1.165) is 122 Å². The highest BCUT2D eigenvalue weighted by molar-refractivity contribution is 5.71. The molecule has 77 heavy (non-hydrogen) atoms. The van der Waals surface area contributed by atoms with Crippen LogP contribution in [0.3, 0.4) is 0 Å². The molecule has 0 rings (SSSR count). The first-order valence-corrected chi connectivity index (χ1v) is 32.7. The van der Waals surface area contributed by atoms with Crippen molar-refractivity contribution in [2.75, 3.05) is 13.2 Å². The Balaban J connectivity index is 4.13. The van der Waals surface area contributed by atoms with Gasteiger partial charge in [0, 0.05) is 19.3 Å². The summed E-state index contributed by atoms with van der Waals surface area (Å²) in [5.41, 5.74) is 0. The van der Waals surface area contributed by atoms with Gasteiger partial charge in [0.2, 0.25) is 0 Å². The van der Waals surface area contributed by atoms with Crippen LogP contribution in [0.4, 0.5) is 0 Å². The number of unbranched alkanes of at least 4 members (excludes halogenated alkanes) is 32. The first-order valence-electron chi connectivity index (χ1n) is 32.7. The Hall–Kier alpha value is -3.67. The van der Waals surface area contributed by atoms with Gasteiger partial charge in [-0.05, 0) is 116 Å². The van der Waals surface area contributed by atoms with E-state index in [1.54, 1.807) is 0 Å². The van der Waals surface area contributed by atoms with Crippen LogP contribution in [0.15, 0.2) is 97.2 Å². The molecular formula is C71H122O6. The largest absolute Gasteiger partial charge is 0.462 e. The zero-order valence-corrected chi connectivity index (χ0v) is 50.7. The molecule has 0 spiro atoms. The first-order chi connectivity index (χ1) is 38.0. The third-order valence-electron chi connectivity index (χ3n) is 14.0. The topological polar surface area (TPSA) is 78.9 Å². The molecule has 0 aromatic heterocycles. The molecular weight excluding hydrogens is 949 g/mol. The summed E-state index contributed by atoms with van der Waals surface area (Å²) in [5.74, 6) is -0.897. The van der Waals surface area contributed by atoms with E-state index in [9.17, 15) is 14.4 Å². The smallest absolute Gasteiger partial charge is 0.306 e. The molecule has 0 saturated heterocycles. The van der Waals surface area contributed by atoms with E-state index in [0.29, 0.717) is 19.3 Å².